The third kappa shape index (κ3) is 6.70. The Balaban J connectivity index is 0.00000137. The average molecular weight is 267 g/mol. The SMILES string of the molecule is CC.CC(C)NC(=O)c1ccc(SC(C)C)cc1. The van der Waals surface area contributed by atoms with Gasteiger partial charge in [0.2, 0.25) is 0 Å². The van der Waals surface area contributed by atoms with E-state index in [0.29, 0.717) is 5.25 Å². The third-order valence-corrected chi connectivity index (χ3v) is 2.92. The average Bonchev–Trinajstić information content (AvgIpc) is 2.31. The fourth-order valence-corrected chi connectivity index (χ4v) is 2.14. The highest BCUT2D eigenvalue weighted by Crippen LogP contribution is 2.22. The molecule has 0 saturated heterocycles. The molecule has 1 aromatic carbocycles. The molecule has 1 rings (SSSR count). The molecule has 3 heteroatoms. The maximum absolute atomic E-state index is 11.7. The molecule has 0 saturated carbocycles. The lowest BCUT2D eigenvalue weighted by Crippen LogP contribution is -2.29. The van der Waals surface area contributed by atoms with Gasteiger partial charge in [0.25, 0.3) is 5.91 Å². The summed E-state index contributed by atoms with van der Waals surface area (Å²) in [6, 6.07) is 7.93. The second kappa shape index (κ2) is 9.03. The van der Waals surface area contributed by atoms with Crippen molar-refractivity contribution in [2.24, 2.45) is 0 Å². The Hall–Kier alpha value is -0.960. The van der Waals surface area contributed by atoms with Gasteiger partial charge in [-0.3, -0.25) is 4.79 Å². The van der Waals surface area contributed by atoms with Gasteiger partial charge in [-0.25, -0.2) is 0 Å². The summed E-state index contributed by atoms with van der Waals surface area (Å²) in [6.07, 6.45) is 0. The minimum absolute atomic E-state index is 0.00361. The van der Waals surface area contributed by atoms with E-state index in [1.54, 1.807) is 11.8 Å². The molecular weight excluding hydrogens is 242 g/mol. The summed E-state index contributed by atoms with van der Waals surface area (Å²) in [5.41, 5.74) is 0.724. The lowest BCUT2D eigenvalue weighted by molar-refractivity contribution is 0.0943. The van der Waals surface area contributed by atoms with Crippen LogP contribution in [0.1, 0.15) is 51.9 Å². The summed E-state index contributed by atoms with van der Waals surface area (Å²) >= 11 is 1.80. The number of nitrogens with one attached hydrogen (secondary N) is 1. The molecule has 0 spiro atoms. The van der Waals surface area contributed by atoms with E-state index in [1.807, 2.05) is 52.0 Å². The van der Waals surface area contributed by atoms with Crippen LogP contribution in [0.4, 0.5) is 0 Å². The zero-order chi connectivity index (χ0) is 14.1. The number of carbonyl (C=O) groups excluding carboxylic acids is 1. The highest BCUT2D eigenvalue weighted by atomic mass is 32.2. The zero-order valence-electron chi connectivity index (χ0n) is 12.3. The number of hydrogen-bond acceptors (Lipinski definition) is 2. The molecule has 0 aliphatic rings. The fraction of sp³-hybridized carbons (Fsp3) is 0.533. The molecular formula is C15H25NOS. The van der Waals surface area contributed by atoms with Gasteiger partial charge in [0, 0.05) is 21.8 Å². The summed E-state index contributed by atoms with van der Waals surface area (Å²) < 4.78 is 0. The molecule has 1 aromatic rings. The molecule has 0 heterocycles. The van der Waals surface area contributed by atoms with Crippen LogP contribution in [0, 0.1) is 0 Å². The first-order chi connectivity index (χ1) is 8.49. The molecule has 0 atom stereocenters. The number of thioether (sulfide) groups is 1. The van der Waals surface area contributed by atoms with Crippen molar-refractivity contribution in [3.05, 3.63) is 29.8 Å². The van der Waals surface area contributed by atoms with Gasteiger partial charge >= 0.3 is 0 Å². The van der Waals surface area contributed by atoms with Crippen molar-refractivity contribution in [2.45, 2.75) is 57.7 Å². The largest absolute Gasteiger partial charge is 0.350 e. The molecule has 0 fully saturated rings. The zero-order valence-corrected chi connectivity index (χ0v) is 13.1. The summed E-state index contributed by atoms with van der Waals surface area (Å²) in [7, 11) is 0. The summed E-state index contributed by atoms with van der Waals surface area (Å²) in [5.74, 6) is -0.00361. The predicted octanol–water partition coefficient (Wildman–Crippen LogP) is 4.35. The number of rotatable bonds is 4. The molecule has 1 amide bonds. The van der Waals surface area contributed by atoms with Gasteiger partial charge in [0.05, 0.1) is 0 Å². The normalized spacial score (nSPS) is 10.0. The van der Waals surface area contributed by atoms with Crippen LogP contribution in [0.2, 0.25) is 0 Å². The van der Waals surface area contributed by atoms with Crippen LogP contribution in [-0.4, -0.2) is 17.2 Å². The number of hydrogen-bond donors (Lipinski definition) is 1. The molecule has 1 N–H and O–H groups in total. The van der Waals surface area contributed by atoms with Crippen LogP contribution >= 0.6 is 11.8 Å². The van der Waals surface area contributed by atoms with E-state index in [0.717, 1.165) is 5.56 Å². The van der Waals surface area contributed by atoms with E-state index in [9.17, 15) is 4.79 Å². The molecule has 18 heavy (non-hydrogen) atoms. The Morgan fingerprint density at radius 2 is 1.56 bits per heavy atom. The Morgan fingerprint density at radius 3 is 1.94 bits per heavy atom. The number of benzene rings is 1. The smallest absolute Gasteiger partial charge is 0.251 e. The van der Waals surface area contributed by atoms with Gasteiger partial charge in [0.1, 0.15) is 0 Å². The Labute approximate surface area is 116 Å². The van der Waals surface area contributed by atoms with Crippen molar-refractivity contribution in [1.29, 1.82) is 0 Å². The van der Waals surface area contributed by atoms with Crippen LogP contribution in [0.15, 0.2) is 29.2 Å². The van der Waals surface area contributed by atoms with Gasteiger partial charge in [-0.15, -0.1) is 11.8 Å². The van der Waals surface area contributed by atoms with E-state index in [4.69, 9.17) is 0 Å². The van der Waals surface area contributed by atoms with E-state index in [-0.39, 0.29) is 11.9 Å². The van der Waals surface area contributed by atoms with Crippen molar-refractivity contribution in [1.82, 2.24) is 5.32 Å². The topological polar surface area (TPSA) is 29.1 Å². The standard InChI is InChI=1S/C13H19NOS.C2H6/c1-9(2)14-13(15)11-5-7-12(8-6-11)16-10(3)4;1-2/h5-10H,1-4H3,(H,14,15);1-2H3. The lowest BCUT2D eigenvalue weighted by atomic mass is 10.2. The van der Waals surface area contributed by atoms with Gasteiger partial charge in [-0.05, 0) is 38.1 Å². The highest BCUT2D eigenvalue weighted by molar-refractivity contribution is 7.99. The first-order valence-corrected chi connectivity index (χ1v) is 7.44. The number of carbonyl (C=O) groups is 1. The Kier molecular flexibility index (Phi) is 8.55. The minimum Gasteiger partial charge on any atom is -0.350 e. The molecule has 0 aliphatic heterocycles. The van der Waals surface area contributed by atoms with Crippen LogP contribution in [0.25, 0.3) is 0 Å². The molecule has 0 aliphatic carbocycles. The Morgan fingerprint density at radius 1 is 1.06 bits per heavy atom. The second-order valence-electron chi connectivity index (χ2n) is 4.32. The van der Waals surface area contributed by atoms with Crippen LogP contribution in [0.3, 0.4) is 0 Å². The van der Waals surface area contributed by atoms with Crippen LogP contribution < -0.4 is 5.32 Å². The monoisotopic (exact) mass is 267 g/mol. The van der Waals surface area contributed by atoms with Crippen LogP contribution in [0.5, 0.6) is 0 Å². The quantitative estimate of drug-likeness (QED) is 0.822. The van der Waals surface area contributed by atoms with Crippen molar-refractivity contribution in [2.75, 3.05) is 0 Å². The van der Waals surface area contributed by atoms with E-state index in [2.05, 4.69) is 19.2 Å². The summed E-state index contributed by atoms with van der Waals surface area (Å²) in [4.78, 5) is 12.9. The molecule has 2 nitrogen and oxygen atoms in total. The Bertz CT molecular complexity index is 344. The van der Waals surface area contributed by atoms with Gasteiger partial charge < -0.3 is 5.32 Å². The first kappa shape index (κ1) is 17.0. The number of amides is 1. The van der Waals surface area contributed by atoms with E-state index >= 15 is 0 Å². The molecule has 0 aromatic heterocycles. The lowest BCUT2D eigenvalue weighted by Gasteiger charge is -2.09. The third-order valence-electron chi connectivity index (χ3n) is 1.91. The summed E-state index contributed by atoms with van der Waals surface area (Å²) in [5, 5.41) is 3.44. The molecule has 0 unspecified atom stereocenters. The van der Waals surface area contributed by atoms with Gasteiger partial charge in [0.15, 0.2) is 0 Å². The minimum atomic E-state index is -0.00361. The van der Waals surface area contributed by atoms with E-state index in [1.165, 1.54) is 4.90 Å². The molecule has 102 valence electrons. The maximum Gasteiger partial charge on any atom is 0.251 e. The maximum atomic E-state index is 11.7. The van der Waals surface area contributed by atoms with Gasteiger partial charge in [-0.1, -0.05) is 27.7 Å². The first-order valence-electron chi connectivity index (χ1n) is 6.56. The highest BCUT2D eigenvalue weighted by Gasteiger charge is 2.06. The summed E-state index contributed by atoms with van der Waals surface area (Å²) in [6.45, 7) is 12.2. The van der Waals surface area contributed by atoms with E-state index < -0.39 is 0 Å². The van der Waals surface area contributed by atoms with Crippen molar-refractivity contribution < 1.29 is 4.79 Å². The van der Waals surface area contributed by atoms with Crippen molar-refractivity contribution in [3.8, 4) is 0 Å². The van der Waals surface area contributed by atoms with Gasteiger partial charge in [-0.2, -0.15) is 0 Å². The van der Waals surface area contributed by atoms with Crippen molar-refractivity contribution >= 4 is 17.7 Å². The predicted molar refractivity (Wildman–Crippen MR) is 81.4 cm³/mol. The second-order valence-corrected chi connectivity index (χ2v) is 5.97. The van der Waals surface area contributed by atoms with Crippen LogP contribution in [-0.2, 0) is 0 Å². The molecule has 0 bridgehead atoms. The fourth-order valence-electron chi connectivity index (χ4n) is 1.30. The molecule has 0 radical (unpaired) electrons. The van der Waals surface area contributed by atoms with Crippen molar-refractivity contribution in [3.63, 3.8) is 0 Å².